The van der Waals surface area contributed by atoms with E-state index in [0.29, 0.717) is 0 Å². The fourth-order valence-electron chi connectivity index (χ4n) is 7.34. The summed E-state index contributed by atoms with van der Waals surface area (Å²) in [6.07, 6.45) is 0. The second kappa shape index (κ2) is 12.3. The van der Waals surface area contributed by atoms with Gasteiger partial charge in [0.25, 0.3) is 0 Å². The van der Waals surface area contributed by atoms with Crippen molar-refractivity contribution in [3.05, 3.63) is 200 Å². The van der Waals surface area contributed by atoms with Crippen molar-refractivity contribution in [2.45, 2.75) is 0 Å². The van der Waals surface area contributed by atoms with Crippen LogP contribution in [0.15, 0.2) is 200 Å². The quantitative estimate of drug-likeness (QED) is 0.178. The molecule has 0 aromatic heterocycles. The highest BCUT2D eigenvalue weighted by molar-refractivity contribution is 6.04. The minimum atomic E-state index is 1.10. The van der Waals surface area contributed by atoms with E-state index in [9.17, 15) is 0 Å². The maximum absolute atomic E-state index is 2.43. The lowest BCUT2D eigenvalue weighted by atomic mass is 9.92. The van der Waals surface area contributed by atoms with Gasteiger partial charge < -0.3 is 4.90 Å². The number of benzene rings is 9. The van der Waals surface area contributed by atoms with Gasteiger partial charge in [0.05, 0.1) is 5.69 Å². The molecule has 1 heteroatoms. The van der Waals surface area contributed by atoms with Crippen molar-refractivity contribution in [1.82, 2.24) is 0 Å². The van der Waals surface area contributed by atoms with Crippen molar-refractivity contribution in [3.63, 3.8) is 0 Å². The average molecular weight is 624 g/mol. The lowest BCUT2D eigenvalue weighted by Crippen LogP contribution is -2.11. The lowest BCUT2D eigenvalue weighted by molar-refractivity contribution is 1.28. The van der Waals surface area contributed by atoms with Crippen LogP contribution in [0, 0.1) is 0 Å². The first-order valence-corrected chi connectivity index (χ1v) is 16.9. The summed E-state index contributed by atoms with van der Waals surface area (Å²) < 4.78 is 0. The molecule has 0 unspecified atom stereocenters. The van der Waals surface area contributed by atoms with E-state index in [4.69, 9.17) is 0 Å². The Balaban J connectivity index is 1.32. The molecule has 0 bridgehead atoms. The zero-order chi connectivity index (χ0) is 32.6. The highest BCUT2D eigenvalue weighted by Crippen LogP contribution is 2.46. The fourth-order valence-corrected chi connectivity index (χ4v) is 7.34. The van der Waals surface area contributed by atoms with Crippen LogP contribution in [0.3, 0.4) is 0 Å². The Hall–Kier alpha value is -6.44. The second-order valence-corrected chi connectivity index (χ2v) is 12.5. The first kappa shape index (κ1) is 28.8. The molecule has 0 saturated heterocycles. The topological polar surface area (TPSA) is 3.24 Å². The molecule has 0 aliphatic heterocycles. The van der Waals surface area contributed by atoms with Crippen molar-refractivity contribution in [1.29, 1.82) is 0 Å². The van der Waals surface area contributed by atoms with Crippen LogP contribution in [0.5, 0.6) is 0 Å². The molecule has 0 aliphatic carbocycles. The van der Waals surface area contributed by atoms with Gasteiger partial charge >= 0.3 is 0 Å². The third kappa shape index (κ3) is 5.23. The third-order valence-electron chi connectivity index (χ3n) is 9.64. The molecular weight excluding hydrogens is 591 g/mol. The van der Waals surface area contributed by atoms with E-state index in [1.165, 1.54) is 65.7 Å². The van der Waals surface area contributed by atoms with Crippen LogP contribution in [-0.4, -0.2) is 0 Å². The molecule has 0 N–H and O–H groups in total. The maximum Gasteiger partial charge on any atom is 0.0546 e. The Morgan fingerprint density at radius 3 is 1.33 bits per heavy atom. The van der Waals surface area contributed by atoms with Gasteiger partial charge in [-0.05, 0) is 90.5 Å². The zero-order valence-electron chi connectivity index (χ0n) is 27.0. The van der Waals surface area contributed by atoms with Gasteiger partial charge in [0.2, 0.25) is 0 Å². The van der Waals surface area contributed by atoms with Crippen LogP contribution < -0.4 is 4.90 Å². The number of rotatable bonds is 6. The summed E-state index contributed by atoms with van der Waals surface area (Å²) >= 11 is 0. The largest absolute Gasteiger partial charge is 0.310 e. The van der Waals surface area contributed by atoms with Gasteiger partial charge in [-0.25, -0.2) is 0 Å². The first-order valence-electron chi connectivity index (χ1n) is 16.9. The number of fused-ring (bicyclic) bond motifs is 3. The smallest absolute Gasteiger partial charge is 0.0546 e. The van der Waals surface area contributed by atoms with Crippen LogP contribution in [-0.2, 0) is 0 Å². The number of hydrogen-bond acceptors (Lipinski definition) is 1. The molecule has 0 atom stereocenters. The van der Waals surface area contributed by atoms with Crippen molar-refractivity contribution in [2.75, 3.05) is 4.90 Å². The van der Waals surface area contributed by atoms with Gasteiger partial charge in [-0.2, -0.15) is 0 Å². The molecule has 9 aromatic carbocycles. The second-order valence-electron chi connectivity index (χ2n) is 12.5. The van der Waals surface area contributed by atoms with E-state index >= 15 is 0 Å². The predicted octanol–water partition coefficient (Wildman–Crippen LogP) is 13.6. The van der Waals surface area contributed by atoms with Gasteiger partial charge in [-0.1, -0.05) is 170 Å². The van der Waals surface area contributed by atoms with Gasteiger partial charge in [0.1, 0.15) is 0 Å². The van der Waals surface area contributed by atoms with Crippen LogP contribution >= 0.6 is 0 Å². The molecule has 9 rings (SSSR count). The Morgan fingerprint density at radius 2 is 0.714 bits per heavy atom. The fraction of sp³-hybridized carbons (Fsp3) is 0. The highest BCUT2D eigenvalue weighted by Gasteiger charge is 2.20. The monoisotopic (exact) mass is 623 g/mol. The molecule has 0 fully saturated rings. The van der Waals surface area contributed by atoms with Gasteiger partial charge in [0, 0.05) is 16.9 Å². The van der Waals surface area contributed by atoms with E-state index in [-0.39, 0.29) is 0 Å². The SMILES string of the molecule is c1ccc(N(c2cccc(-c3cccc4ccccc34)c2)c2cc(-c3cccc4ccccc34)ccc2-c2cccc3ccccc23)cc1. The molecule has 0 radical (unpaired) electrons. The minimum Gasteiger partial charge on any atom is -0.310 e. The third-order valence-corrected chi connectivity index (χ3v) is 9.64. The molecule has 0 aliphatic rings. The molecule has 1 nitrogen and oxygen atoms in total. The summed E-state index contributed by atoms with van der Waals surface area (Å²) in [6.45, 7) is 0. The molecule has 0 heterocycles. The maximum atomic E-state index is 2.43. The van der Waals surface area contributed by atoms with E-state index < -0.39 is 0 Å². The Bertz CT molecular complexity index is 2600. The molecule has 230 valence electrons. The molecule has 0 saturated carbocycles. The summed E-state index contributed by atoms with van der Waals surface area (Å²) in [6, 6.07) is 72.6. The van der Waals surface area contributed by atoms with Crippen LogP contribution in [0.2, 0.25) is 0 Å². The summed E-state index contributed by atoms with van der Waals surface area (Å²) in [7, 11) is 0. The Kier molecular flexibility index (Phi) is 7.22. The van der Waals surface area contributed by atoms with Crippen molar-refractivity contribution < 1.29 is 0 Å². The van der Waals surface area contributed by atoms with E-state index in [1.54, 1.807) is 0 Å². The summed E-state index contributed by atoms with van der Waals surface area (Å²) in [5.41, 5.74) is 10.6. The van der Waals surface area contributed by atoms with E-state index in [2.05, 4.69) is 205 Å². The normalized spacial score (nSPS) is 11.3. The van der Waals surface area contributed by atoms with Gasteiger partial charge in [0.15, 0.2) is 0 Å². The number of hydrogen-bond donors (Lipinski definition) is 0. The molecule has 0 amide bonds. The van der Waals surface area contributed by atoms with Crippen LogP contribution in [0.4, 0.5) is 17.1 Å². The average Bonchev–Trinajstić information content (AvgIpc) is 3.18. The molecule has 49 heavy (non-hydrogen) atoms. The highest BCUT2D eigenvalue weighted by atomic mass is 15.1. The first-order chi connectivity index (χ1) is 24.3. The van der Waals surface area contributed by atoms with Crippen LogP contribution in [0.1, 0.15) is 0 Å². The van der Waals surface area contributed by atoms with Crippen molar-refractivity contribution in [2.24, 2.45) is 0 Å². The van der Waals surface area contributed by atoms with Gasteiger partial charge in [-0.15, -0.1) is 0 Å². The minimum absolute atomic E-state index is 1.10. The van der Waals surface area contributed by atoms with E-state index in [0.717, 1.165) is 17.1 Å². The summed E-state index contributed by atoms with van der Waals surface area (Å²) in [4.78, 5) is 2.43. The standard InChI is InChI=1S/C48H33N/c1-2-21-39(22-3-1)49(40-23-10-20-37(32-40)44-27-11-17-34-14-4-7-24-41(34)44)48-33-38(45-28-12-18-35-15-5-8-25-42(35)45)30-31-47(48)46-29-13-19-36-16-6-9-26-43(36)46/h1-33H. The molecule has 9 aromatic rings. The molecular formula is C48H33N. The Morgan fingerprint density at radius 1 is 0.265 bits per heavy atom. The lowest BCUT2D eigenvalue weighted by Gasteiger charge is -2.29. The van der Waals surface area contributed by atoms with Gasteiger partial charge in [-0.3, -0.25) is 0 Å². The number of anilines is 3. The summed E-state index contributed by atoms with van der Waals surface area (Å²) in [5.74, 6) is 0. The zero-order valence-corrected chi connectivity index (χ0v) is 27.0. The number of para-hydroxylation sites is 1. The Labute approximate surface area is 287 Å². The van der Waals surface area contributed by atoms with E-state index in [1.807, 2.05) is 0 Å². The van der Waals surface area contributed by atoms with Crippen molar-refractivity contribution >= 4 is 49.4 Å². The summed E-state index contributed by atoms with van der Waals surface area (Å²) in [5, 5.41) is 7.45. The number of nitrogens with zero attached hydrogens (tertiary/aromatic N) is 1. The molecule has 0 spiro atoms. The van der Waals surface area contributed by atoms with Crippen molar-refractivity contribution in [3.8, 4) is 33.4 Å². The van der Waals surface area contributed by atoms with Crippen LogP contribution in [0.25, 0.3) is 65.7 Å². The predicted molar refractivity (Wildman–Crippen MR) is 210 cm³/mol.